The molecule has 4 rings (SSSR count). The second-order valence-electron chi connectivity index (χ2n) is 7.50. The van der Waals surface area contributed by atoms with Crippen molar-refractivity contribution in [2.24, 2.45) is 0 Å². The van der Waals surface area contributed by atoms with E-state index >= 15 is 0 Å². The number of hydrogen-bond acceptors (Lipinski definition) is 6. The quantitative estimate of drug-likeness (QED) is 0.607. The highest BCUT2D eigenvalue weighted by Gasteiger charge is 2.34. The van der Waals surface area contributed by atoms with Crippen molar-refractivity contribution in [1.82, 2.24) is 10.2 Å². The van der Waals surface area contributed by atoms with Crippen molar-refractivity contribution in [1.29, 1.82) is 0 Å². The predicted molar refractivity (Wildman–Crippen MR) is 121 cm³/mol. The lowest BCUT2D eigenvalue weighted by molar-refractivity contribution is -0.117. The number of carbonyl (C=O) groups excluding carboxylic acids is 2. The number of rotatable bonds is 5. The van der Waals surface area contributed by atoms with Gasteiger partial charge in [-0.2, -0.15) is 0 Å². The molecule has 0 bridgehead atoms. The van der Waals surface area contributed by atoms with E-state index in [4.69, 9.17) is 16.3 Å². The third-order valence-corrected chi connectivity index (χ3v) is 6.30. The Morgan fingerprint density at radius 1 is 1.19 bits per heavy atom. The van der Waals surface area contributed by atoms with Crippen molar-refractivity contribution in [2.75, 3.05) is 23.9 Å². The maximum atomic E-state index is 12.7. The number of halogens is 1. The van der Waals surface area contributed by atoms with Crippen LogP contribution in [0.3, 0.4) is 0 Å². The molecule has 31 heavy (non-hydrogen) atoms. The summed E-state index contributed by atoms with van der Waals surface area (Å²) in [5, 5.41) is 12.6. The average Bonchev–Trinajstić information content (AvgIpc) is 3.33. The number of benzene rings is 2. The van der Waals surface area contributed by atoms with E-state index in [0.717, 1.165) is 16.8 Å². The van der Waals surface area contributed by atoms with Crippen molar-refractivity contribution in [3.63, 3.8) is 0 Å². The minimum absolute atomic E-state index is 0.0550. The molecule has 1 aliphatic heterocycles. The molecule has 1 saturated heterocycles. The van der Waals surface area contributed by atoms with Crippen LogP contribution in [0.1, 0.15) is 38.8 Å². The van der Waals surface area contributed by atoms with Gasteiger partial charge in [-0.25, -0.2) is 0 Å². The maximum absolute atomic E-state index is 12.7. The van der Waals surface area contributed by atoms with Gasteiger partial charge in [0.25, 0.3) is 5.91 Å². The molecule has 0 spiro atoms. The molecule has 0 radical (unpaired) electrons. The van der Waals surface area contributed by atoms with Gasteiger partial charge in [0.05, 0.1) is 12.7 Å². The van der Waals surface area contributed by atoms with Crippen LogP contribution < -0.4 is 15.0 Å². The van der Waals surface area contributed by atoms with Crippen LogP contribution in [0.5, 0.6) is 5.75 Å². The fraction of sp³-hybridized carbons (Fsp3) is 0.273. The summed E-state index contributed by atoms with van der Waals surface area (Å²) in [5.74, 6) is 0.00940. The molecule has 0 aliphatic carbocycles. The first kappa shape index (κ1) is 21.3. The number of carbonyl (C=O) groups is 2. The van der Waals surface area contributed by atoms with Crippen molar-refractivity contribution in [2.45, 2.75) is 26.2 Å². The summed E-state index contributed by atoms with van der Waals surface area (Å²) in [6.45, 7) is 4.57. The van der Waals surface area contributed by atoms with Gasteiger partial charge in [-0.3, -0.25) is 14.9 Å². The Morgan fingerprint density at radius 3 is 2.65 bits per heavy atom. The zero-order chi connectivity index (χ0) is 22.1. The van der Waals surface area contributed by atoms with Crippen LogP contribution in [-0.4, -0.2) is 35.7 Å². The van der Waals surface area contributed by atoms with Gasteiger partial charge in [-0.05, 0) is 55.3 Å². The van der Waals surface area contributed by atoms with E-state index in [9.17, 15) is 9.59 Å². The second-order valence-corrected chi connectivity index (χ2v) is 8.94. The standard InChI is InChI=1S/C22H21ClN4O3S/c1-12-6-13(2)8-16(7-12)27-11-14(9-19(27)28)21-25-26-22(31-21)24-20(29)17-10-15(23)4-5-18(17)30-3/h4-8,10,14H,9,11H2,1-3H3,(H,24,26,29)/t14-/m0/s1. The molecule has 2 heterocycles. The normalized spacial score (nSPS) is 15.9. The third kappa shape index (κ3) is 4.55. The highest BCUT2D eigenvalue weighted by Crippen LogP contribution is 2.35. The average molecular weight is 457 g/mol. The number of aromatic nitrogens is 2. The van der Waals surface area contributed by atoms with Crippen molar-refractivity contribution >= 4 is 45.6 Å². The summed E-state index contributed by atoms with van der Waals surface area (Å²) in [7, 11) is 1.49. The lowest BCUT2D eigenvalue weighted by Crippen LogP contribution is -2.24. The topological polar surface area (TPSA) is 84.4 Å². The van der Waals surface area contributed by atoms with Gasteiger partial charge in [0.1, 0.15) is 10.8 Å². The number of amides is 2. The first-order valence-electron chi connectivity index (χ1n) is 9.71. The minimum atomic E-state index is -0.388. The molecule has 1 N–H and O–H groups in total. The number of anilines is 2. The zero-order valence-corrected chi connectivity index (χ0v) is 18.9. The predicted octanol–water partition coefficient (Wildman–Crippen LogP) is 4.59. The number of nitrogens with zero attached hydrogens (tertiary/aromatic N) is 3. The monoisotopic (exact) mass is 456 g/mol. The SMILES string of the molecule is COc1ccc(Cl)cc1C(=O)Nc1nnc([C@H]2CC(=O)N(c3cc(C)cc(C)c3)C2)s1. The van der Waals surface area contributed by atoms with Gasteiger partial charge in [-0.1, -0.05) is 29.0 Å². The highest BCUT2D eigenvalue weighted by atomic mass is 35.5. The molecule has 1 atom stereocenters. The van der Waals surface area contributed by atoms with E-state index in [1.54, 1.807) is 17.0 Å². The summed E-state index contributed by atoms with van der Waals surface area (Å²) in [6, 6.07) is 10.9. The molecular formula is C22H21ClN4O3S. The Kier molecular flexibility index (Phi) is 5.93. The lowest BCUT2D eigenvalue weighted by atomic mass is 10.1. The van der Waals surface area contributed by atoms with E-state index in [2.05, 4.69) is 21.6 Å². The molecule has 2 aromatic carbocycles. The van der Waals surface area contributed by atoms with Crippen LogP contribution >= 0.6 is 22.9 Å². The van der Waals surface area contributed by atoms with Gasteiger partial charge in [0, 0.05) is 29.6 Å². The summed E-state index contributed by atoms with van der Waals surface area (Å²) < 4.78 is 5.23. The van der Waals surface area contributed by atoms with Gasteiger partial charge in [-0.15, -0.1) is 10.2 Å². The molecule has 0 unspecified atom stereocenters. The minimum Gasteiger partial charge on any atom is -0.496 e. The summed E-state index contributed by atoms with van der Waals surface area (Å²) in [4.78, 5) is 27.1. The number of hydrogen-bond donors (Lipinski definition) is 1. The molecule has 1 aromatic heterocycles. The largest absolute Gasteiger partial charge is 0.496 e. The fourth-order valence-electron chi connectivity index (χ4n) is 3.70. The Morgan fingerprint density at radius 2 is 1.94 bits per heavy atom. The van der Waals surface area contributed by atoms with Gasteiger partial charge >= 0.3 is 0 Å². The molecule has 2 amide bonds. The summed E-state index contributed by atoms with van der Waals surface area (Å²) in [5.41, 5.74) is 3.44. The maximum Gasteiger partial charge on any atom is 0.261 e. The highest BCUT2D eigenvalue weighted by molar-refractivity contribution is 7.15. The van der Waals surface area contributed by atoms with Gasteiger partial charge in [0.15, 0.2) is 0 Å². The summed E-state index contributed by atoms with van der Waals surface area (Å²) >= 11 is 7.28. The summed E-state index contributed by atoms with van der Waals surface area (Å²) in [6.07, 6.45) is 0.359. The molecule has 3 aromatic rings. The first-order valence-corrected chi connectivity index (χ1v) is 10.9. The van der Waals surface area contributed by atoms with Crippen LogP contribution in [0, 0.1) is 13.8 Å². The van der Waals surface area contributed by atoms with Crippen LogP contribution in [0.2, 0.25) is 5.02 Å². The van der Waals surface area contributed by atoms with Crippen LogP contribution in [-0.2, 0) is 4.79 Å². The number of nitrogens with one attached hydrogen (secondary N) is 1. The van der Waals surface area contributed by atoms with E-state index in [0.29, 0.717) is 39.4 Å². The number of methoxy groups -OCH3 is 1. The molecule has 7 nitrogen and oxygen atoms in total. The Labute approximate surface area is 189 Å². The molecule has 160 valence electrons. The second kappa shape index (κ2) is 8.64. The van der Waals surface area contributed by atoms with Crippen LogP contribution in [0.4, 0.5) is 10.8 Å². The molecular weight excluding hydrogens is 436 g/mol. The lowest BCUT2D eigenvalue weighted by Gasteiger charge is -2.17. The van der Waals surface area contributed by atoms with Crippen LogP contribution in [0.15, 0.2) is 36.4 Å². The van der Waals surface area contributed by atoms with Crippen molar-refractivity contribution in [3.05, 3.63) is 63.1 Å². The molecule has 0 saturated carbocycles. The van der Waals surface area contributed by atoms with Crippen LogP contribution in [0.25, 0.3) is 0 Å². The van der Waals surface area contributed by atoms with Gasteiger partial charge < -0.3 is 9.64 Å². The van der Waals surface area contributed by atoms with Crippen molar-refractivity contribution in [3.8, 4) is 5.75 Å². The first-order chi connectivity index (χ1) is 14.8. The Hall–Kier alpha value is -2.97. The number of aryl methyl sites for hydroxylation is 2. The molecule has 1 aliphatic rings. The van der Waals surface area contributed by atoms with E-state index in [1.165, 1.54) is 24.5 Å². The van der Waals surface area contributed by atoms with E-state index in [1.807, 2.05) is 26.0 Å². The van der Waals surface area contributed by atoms with Gasteiger partial charge in [0.2, 0.25) is 11.0 Å². The zero-order valence-electron chi connectivity index (χ0n) is 17.3. The molecule has 1 fully saturated rings. The smallest absolute Gasteiger partial charge is 0.261 e. The third-order valence-electron chi connectivity index (χ3n) is 5.06. The van der Waals surface area contributed by atoms with Crippen molar-refractivity contribution < 1.29 is 14.3 Å². The molecule has 9 heteroatoms. The Balaban J connectivity index is 1.49. The number of ether oxygens (including phenoxy) is 1. The van der Waals surface area contributed by atoms with E-state index in [-0.39, 0.29) is 17.7 Å². The fourth-order valence-corrected chi connectivity index (χ4v) is 4.70. The Bertz CT molecular complexity index is 1140. The van der Waals surface area contributed by atoms with E-state index < -0.39 is 0 Å².